The Balaban J connectivity index is 1.82. The normalized spacial score (nSPS) is 15.4. The molecule has 0 bridgehead atoms. The van der Waals surface area contributed by atoms with E-state index in [1.165, 1.54) is 0 Å². The quantitative estimate of drug-likeness (QED) is 0.712. The fourth-order valence-corrected chi connectivity index (χ4v) is 3.46. The standard InChI is InChI=1S/C18H19ClIN3O/c1-22-8-10-23(11-9-22)17-5-3-2-4-16(17)21-18(24)14-12-13(20)6-7-15(14)19/h2-7,12H,8-11H2,1H3,(H,21,24). The Kier molecular flexibility index (Phi) is 5.63. The van der Waals surface area contributed by atoms with Crippen molar-refractivity contribution in [2.75, 3.05) is 43.4 Å². The maximum Gasteiger partial charge on any atom is 0.257 e. The van der Waals surface area contributed by atoms with Gasteiger partial charge in [-0.2, -0.15) is 0 Å². The van der Waals surface area contributed by atoms with E-state index in [-0.39, 0.29) is 5.91 Å². The van der Waals surface area contributed by atoms with Gasteiger partial charge in [0.05, 0.1) is 22.0 Å². The van der Waals surface area contributed by atoms with Gasteiger partial charge in [0.25, 0.3) is 5.91 Å². The van der Waals surface area contributed by atoms with Crippen molar-refractivity contribution in [1.82, 2.24) is 4.90 Å². The molecule has 0 aliphatic carbocycles. The van der Waals surface area contributed by atoms with Crippen LogP contribution in [0.25, 0.3) is 0 Å². The van der Waals surface area contributed by atoms with Crippen LogP contribution in [0.5, 0.6) is 0 Å². The van der Waals surface area contributed by atoms with Gasteiger partial charge in [-0.3, -0.25) is 4.79 Å². The molecule has 6 heteroatoms. The van der Waals surface area contributed by atoms with E-state index in [1.54, 1.807) is 12.1 Å². The topological polar surface area (TPSA) is 35.6 Å². The summed E-state index contributed by atoms with van der Waals surface area (Å²) in [6.45, 7) is 3.94. The van der Waals surface area contributed by atoms with Crippen LogP contribution in [-0.4, -0.2) is 44.0 Å². The number of carbonyl (C=O) groups excluding carboxylic acids is 1. The summed E-state index contributed by atoms with van der Waals surface area (Å²) in [4.78, 5) is 17.3. The average molecular weight is 456 g/mol. The second-order valence-electron chi connectivity index (χ2n) is 5.89. The molecule has 24 heavy (non-hydrogen) atoms. The minimum Gasteiger partial charge on any atom is -0.367 e. The highest BCUT2D eigenvalue weighted by Gasteiger charge is 2.19. The van der Waals surface area contributed by atoms with Crippen molar-refractivity contribution >= 4 is 51.5 Å². The van der Waals surface area contributed by atoms with E-state index in [0.29, 0.717) is 10.6 Å². The third kappa shape index (κ3) is 4.02. The third-order valence-electron chi connectivity index (χ3n) is 4.17. The van der Waals surface area contributed by atoms with Crippen molar-refractivity contribution in [3.05, 3.63) is 56.6 Å². The molecule has 1 aliphatic rings. The largest absolute Gasteiger partial charge is 0.367 e. The molecule has 1 amide bonds. The zero-order valence-corrected chi connectivity index (χ0v) is 16.3. The molecule has 1 heterocycles. The van der Waals surface area contributed by atoms with Crippen LogP contribution in [0.4, 0.5) is 11.4 Å². The molecule has 2 aromatic rings. The molecule has 1 aliphatic heterocycles. The first-order chi connectivity index (χ1) is 11.5. The number of halogens is 2. The Morgan fingerprint density at radius 2 is 1.83 bits per heavy atom. The molecule has 0 spiro atoms. The van der Waals surface area contributed by atoms with Crippen molar-refractivity contribution < 1.29 is 4.79 Å². The number of piperazine rings is 1. The predicted octanol–water partition coefficient (Wildman–Crippen LogP) is 3.95. The number of likely N-dealkylation sites (N-methyl/N-ethyl adjacent to an activating group) is 1. The van der Waals surface area contributed by atoms with Gasteiger partial charge in [-0.25, -0.2) is 0 Å². The lowest BCUT2D eigenvalue weighted by Gasteiger charge is -2.35. The van der Waals surface area contributed by atoms with Crippen LogP contribution < -0.4 is 10.2 Å². The smallest absolute Gasteiger partial charge is 0.257 e. The van der Waals surface area contributed by atoms with Crippen LogP contribution in [0, 0.1) is 3.57 Å². The SMILES string of the molecule is CN1CCN(c2ccccc2NC(=O)c2cc(I)ccc2Cl)CC1. The lowest BCUT2D eigenvalue weighted by atomic mass is 10.1. The molecule has 0 aromatic heterocycles. The third-order valence-corrected chi connectivity index (χ3v) is 5.17. The first-order valence-electron chi connectivity index (χ1n) is 7.83. The summed E-state index contributed by atoms with van der Waals surface area (Å²) in [6.07, 6.45) is 0. The van der Waals surface area contributed by atoms with Gasteiger partial charge >= 0.3 is 0 Å². The molecule has 3 rings (SSSR count). The van der Waals surface area contributed by atoms with E-state index in [2.05, 4.69) is 50.8 Å². The highest BCUT2D eigenvalue weighted by Crippen LogP contribution is 2.28. The summed E-state index contributed by atoms with van der Waals surface area (Å²) in [7, 11) is 2.13. The van der Waals surface area contributed by atoms with Gasteiger partial charge in [-0.15, -0.1) is 0 Å². The number of anilines is 2. The number of hydrogen-bond acceptors (Lipinski definition) is 3. The Morgan fingerprint density at radius 3 is 2.58 bits per heavy atom. The number of nitrogens with one attached hydrogen (secondary N) is 1. The fourth-order valence-electron chi connectivity index (χ4n) is 2.76. The number of rotatable bonds is 3. The number of hydrogen-bond donors (Lipinski definition) is 1. The second-order valence-corrected chi connectivity index (χ2v) is 7.54. The summed E-state index contributed by atoms with van der Waals surface area (Å²) >= 11 is 8.36. The van der Waals surface area contributed by atoms with Crippen molar-refractivity contribution in [2.24, 2.45) is 0 Å². The molecule has 126 valence electrons. The van der Waals surface area contributed by atoms with Crippen molar-refractivity contribution in [3.8, 4) is 0 Å². The van der Waals surface area contributed by atoms with Gasteiger partial charge in [0.2, 0.25) is 0 Å². The van der Waals surface area contributed by atoms with E-state index in [1.807, 2.05) is 24.3 Å². The summed E-state index contributed by atoms with van der Waals surface area (Å²) < 4.78 is 0.981. The molecule has 1 fully saturated rings. The van der Waals surface area contributed by atoms with Crippen LogP contribution in [0.3, 0.4) is 0 Å². The zero-order valence-electron chi connectivity index (χ0n) is 13.4. The minimum absolute atomic E-state index is 0.180. The van der Waals surface area contributed by atoms with Crippen molar-refractivity contribution in [1.29, 1.82) is 0 Å². The average Bonchev–Trinajstić information content (AvgIpc) is 2.58. The molecule has 0 atom stereocenters. The lowest BCUT2D eigenvalue weighted by molar-refractivity contribution is 0.102. The van der Waals surface area contributed by atoms with E-state index in [0.717, 1.165) is 41.1 Å². The Morgan fingerprint density at radius 1 is 1.12 bits per heavy atom. The predicted molar refractivity (Wildman–Crippen MR) is 108 cm³/mol. The fraction of sp³-hybridized carbons (Fsp3) is 0.278. The highest BCUT2D eigenvalue weighted by atomic mass is 127. The van der Waals surface area contributed by atoms with Gasteiger partial charge < -0.3 is 15.1 Å². The molecule has 1 N–H and O–H groups in total. The van der Waals surface area contributed by atoms with Crippen molar-refractivity contribution in [2.45, 2.75) is 0 Å². The first kappa shape index (κ1) is 17.5. The van der Waals surface area contributed by atoms with Gasteiger partial charge in [0, 0.05) is 29.7 Å². The molecule has 0 radical (unpaired) electrons. The molecule has 0 unspecified atom stereocenters. The maximum atomic E-state index is 12.6. The van der Waals surface area contributed by atoms with Crippen LogP contribution in [0.15, 0.2) is 42.5 Å². The van der Waals surface area contributed by atoms with Crippen LogP contribution in [0.2, 0.25) is 5.02 Å². The Bertz CT molecular complexity index is 745. The number of amides is 1. The molecule has 0 saturated carbocycles. The maximum absolute atomic E-state index is 12.6. The van der Waals surface area contributed by atoms with Crippen molar-refractivity contribution in [3.63, 3.8) is 0 Å². The van der Waals surface area contributed by atoms with Gasteiger partial charge in [-0.1, -0.05) is 23.7 Å². The van der Waals surface area contributed by atoms with E-state index < -0.39 is 0 Å². The van der Waals surface area contributed by atoms with Gasteiger partial charge in [0.1, 0.15) is 0 Å². The summed E-state index contributed by atoms with van der Waals surface area (Å²) in [5.74, 6) is -0.180. The molecular formula is C18H19ClIN3O. The Hall–Kier alpha value is -1.31. The van der Waals surface area contributed by atoms with Gasteiger partial charge in [0.15, 0.2) is 0 Å². The van der Waals surface area contributed by atoms with Crippen LogP contribution >= 0.6 is 34.2 Å². The first-order valence-corrected chi connectivity index (χ1v) is 9.29. The number of nitrogens with zero attached hydrogens (tertiary/aromatic N) is 2. The van der Waals surface area contributed by atoms with E-state index in [4.69, 9.17) is 11.6 Å². The summed E-state index contributed by atoms with van der Waals surface area (Å²) in [5, 5.41) is 3.48. The van der Waals surface area contributed by atoms with E-state index in [9.17, 15) is 4.79 Å². The van der Waals surface area contributed by atoms with Crippen LogP contribution in [-0.2, 0) is 0 Å². The minimum atomic E-state index is -0.180. The monoisotopic (exact) mass is 455 g/mol. The number of benzene rings is 2. The summed E-state index contributed by atoms with van der Waals surface area (Å²) in [5.41, 5.74) is 2.37. The van der Waals surface area contributed by atoms with Gasteiger partial charge in [-0.05, 0) is 60.0 Å². The molecular weight excluding hydrogens is 437 g/mol. The number of carbonyl (C=O) groups is 1. The number of para-hydroxylation sites is 2. The second kappa shape index (κ2) is 7.72. The highest BCUT2D eigenvalue weighted by molar-refractivity contribution is 14.1. The Labute approximate surface area is 160 Å². The molecule has 2 aromatic carbocycles. The molecule has 1 saturated heterocycles. The lowest BCUT2D eigenvalue weighted by Crippen LogP contribution is -2.44. The summed E-state index contributed by atoms with van der Waals surface area (Å²) in [6, 6.07) is 13.4. The van der Waals surface area contributed by atoms with E-state index >= 15 is 0 Å². The van der Waals surface area contributed by atoms with Crippen LogP contribution in [0.1, 0.15) is 10.4 Å². The zero-order chi connectivity index (χ0) is 17.1. The molecule has 4 nitrogen and oxygen atoms in total.